The molecular weight excluding hydrogens is 168 g/mol. The lowest BCUT2D eigenvalue weighted by atomic mass is 9.96. The number of rotatable bonds is 1. The predicted molar refractivity (Wildman–Crippen MR) is 54.3 cm³/mol. The molecule has 0 nitrogen and oxygen atoms in total. The molecule has 2 unspecified atom stereocenters. The van der Waals surface area contributed by atoms with Crippen molar-refractivity contribution in [3.8, 4) is 11.8 Å². The number of hydrogen-bond acceptors (Lipinski definition) is 0. The molecule has 0 aliphatic heterocycles. The quantitative estimate of drug-likeness (QED) is 0.332. The van der Waals surface area contributed by atoms with Gasteiger partial charge < -0.3 is 0 Å². The third kappa shape index (κ3) is 3.07. The van der Waals surface area contributed by atoms with Crippen molar-refractivity contribution in [3.05, 3.63) is 0 Å². The SMILES string of the molecule is CC#CCC1CCCCCC1Cl. The zero-order chi connectivity index (χ0) is 8.81. The molecule has 0 radical (unpaired) electrons. The van der Waals surface area contributed by atoms with E-state index in [2.05, 4.69) is 11.8 Å². The van der Waals surface area contributed by atoms with E-state index >= 15 is 0 Å². The first-order chi connectivity index (χ1) is 5.84. The summed E-state index contributed by atoms with van der Waals surface area (Å²) in [6.07, 6.45) is 7.49. The lowest BCUT2D eigenvalue weighted by Gasteiger charge is -2.16. The second-order valence-corrected chi connectivity index (χ2v) is 4.11. The Hall–Kier alpha value is -0.150. The van der Waals surface area contributed by atoms with Gasteiger partial charge in [-0.1, -0.05) is 19.3 Å². The lowest BCUT2D eigenvalue weighted by molar-refractivity contribution is 0.479. The van der Waals surface area contributed by atoms with E-state index in [9.17, 15) is 0 Å². The van der Waals surface area contributed by atoms with Crippen molar-refractivity contribution in [1.29, 1.82) is 0 Å². The van der Waals surface area contributed by atoms with E-state index in [4.69, 9.17) is 11.6 Å². The number of alkyl halides is 1. The maximum Gasteiger partial charge on any atom is 0.0373 e. The molecule has 0 aromatic heterocycles. The molecule has 0 N–H and O–H groups in total. The maximum atomic E-state index is 6.26. The average molecular weight is 185 g/mol. The normalized spacial score (nSPS) is 30.2. The third-order valence-electron chi connectivity index (χ3n) is 2.61. The summed E-state index contributed by atoms with van der Waals surface area (Å²) >= 11 is 6.26. The van der Waals surface area contributed by atoms with Gasteiger partial charge in [0.15, 0.2) is 0 Å². The minimum absolute atomic E-state index is 0.383. The Bertz CT molecular complexity index is 175. The van der Waals surface area contributed by atoms with Crippen LogP contribution in [0.5, 0.6) is 0 Å². The standard InChI is InChI=1S/C11H17Cl/c1-2-3-7-10-8-5-4-6-9-11(10)12/h10-11H,4-9H2,1H3. The molecule has 0 heterocycles. The van der Waals surface area contributed by atoms with Crippen molar-refractivity contribution in [2.45, 2.75) is 50.8 Å². The molecule has 2 atom stereocenters. The lowest BCUT2D eigenvalue weighted by Crippen LogP contribution is -2.12. The smallest absolute Gasteiger partial charge is 0.0373 e. The average Bonchev–Trinajstić information content (AvgIpc) is 2.27. The van der Waals surface area contributed by atoms with Crippen LogP contribution in [0.1, 0.15) is 45.4 Å². The van der Waals surface area contributed by atoms with Gasteiger partial charge in [0.25, 0.3) is 0 Å². The van der Waals surface area contributed by atoms with Crippen molar-refractivity contribution in [1.82, 2.24) is 0 Å². The molecule has 68 valence electrons. The summed E-state index contributed by atoms with van der Waals surface area (Å²) < 4.78 is 0. The van der Waals surface area contributed by atoms with E-state index < -0.39 is 0 Å². The van der Waals surface area contributed by atoms with Crippen molar-refractivity contribution < 1.29 is 0 Å². The summed E-state index contributed by atoms with van der Waals surface area (Å²) in [7, 11) is 0. The van der Waals surface area contributed by atoms with Crippen LogP contribution in [0.25, 0.3) is 0 Å². The Kier molecular flexibility index (Phi) is 4.54. The van der Waals surface area contributed by atoms with Crippen LogP contribution in [0.3, 0.4) is 0 Å². The summed E-state index contributed by atoms with van der Waals surface area (Å²) in [6, 6.07) is 0. The van der Waals surface area contributed by atoms with Crippen molar-refractivity contribution in [2.24, 2.45) is 5.92 Å². The van der Waals surface area contributed by atoms with Gasteiger partial charge in [0.05, 0.1) is 0 Å². The summed E-state index contributed by atoms with van der Waals surface area (Å²) in [4.78, 5) is 0. The Balaban J connectivity index is 2.39. The van der Waals surface area contributed by atoms with Gasteiger partial charge in [-0.05, 0) is 25.7 Å². The Labute approximate surface area is 80.7 Å². The zero-order valence-electron chi connectivity index (χ0n) is 7.78. The van der Waals surface area contributed by atoms with Crippen molar-refractivity contribution in [3.63, 3.8) is 0 Å². The minimum Gasteiger partial charge on any atom is -0.123 e. The molecule has 0 aromatic rings. The molecule has 0 amide bonds. The van der Waals surface area contributed by atoms with Gasteiger partial charge in [-0.15, -0.1) is 23.4 Å². The van der Waals surface area contributed by atoms with Gasteiger partial charge >= 0.3 is 0 Å². The van der Waals surface area contributed by atoms with Gasteiger partial charge in [-0.3, -0.25) is 0 Å². The molecule has 0 aromatic carbocycles. The molecule has 0 spiro atoms. The Morgan fingerprint density at radius 3 is 2.75 bits per heavy atom. The fourth-order valence-electron chi connectivity index (χ4n) is 1.80. The van der Waals surface area contributed by atoms with E-state index in [-0.39, 0.29) is 0 Å². The summed E-state index contributed by atoms with van der Waals surface area (Å²) in [5, 5.41) is 0.383. The van der Waals surface area contributed by atoms with Crippen LogP contribution >= 0.6 is 11.6 Å². The van der Waals surface area contributed by atoms with Crippen LogP contribution in [-0.2, 0) is 0 Å². The van der Waals surface area contributed by atoms with Gasteiger partial charge in [0.2, 0.25) is 0 Å². The molecule has 1 aliphatic carbocycles. The second kappa shape index (κ2) is 5.49. The van der Waals surface area contributed by atoms with E-state index in [1.165, 1.54) is 32.1 Å². The molecular formula is C11H17Cl. The molecule has 0 bridgehead atoms. The third-order valence-corrected chi connectivity index (χ3v) is 3.18. The van der Waals surface area contributed by atoms with Crippen LogP contribution in [-0.4, -0.2) is 5.38 Å². The van der Waals surface area contributed by atoms with Gasteiger partial charge in [-0.2, -0.15) is 0 Å². The van der Waals surface area contributed by atoms with E-state index in [1.54, 1.807) is 0 Å². The zero-order valence-corrected chi connectivity index (χ0v) is 8.53. The minimum atomic E-state index is 0.383. The van der Waals surface area contributed by atoms with Crippen LogP contribution in [0.15, 0.2) is 0 Å². The largest absolute Gasteiger partial charge is 0.123 e. The van der Waals surface area contributed by atoms with Crippen molar-refractivity contribution >= 4 is 11.6 Å². The monoisotopic (exact) mass is 184 g/mol. The van der Waals surface area contributed by atoms with E-state index in [0.29, 0.717) is 11.3 Å². The van der Waals surface area contributed by atoms with Gasteiger partial charge in [0.1, 0.15) is 0 Å². The molecule has 12 heavy (non-hydrogen) atoms. The molecule has 1 heteroatoms. The summed E-state index contributed by atoms with van der Waals surface area (Å²) in [5.74, 6) is 6.74. The van der Waals surface area contributed by atoms with E-state index in [1.807, 2.05) is 6.92 Å². The van der Waals surface area contributed by atoms with Crippen molar-refractivity contribution in [2.75, 3.05) is 0 Å². The molecule has 1 fully saturated rings. The molecule has 1 aliphatic rings. The van der Waals surface area contributed by atoms with E-state index in [0.717, 1.165) is 6.42 Å². The number of hydrogen-bond donors (Lipinski definition) is 0. The summed E-state index contributed by atoms with van der Waals surface area (Å²) in [5.41, 5.74) is 0. The van der Waals surface area contributed by atoms with Crippen LogP contribution in [0.2, 0.25) is 0 Å². The Morgan fingerprint density at radius 1 is 1.25 bits per heavy atom. The fraction of sp³-hybridized carbons (Fsp3) is 0.818. The van der Waals surface area contributed by atoms with Crippen LogP contribution < -0.4 is 0 Å². The van der Waals surface area contributed by atoms with Crippen LogP contribution in [0, 0.1) is 17.8 Å². The fourth-order valence-corrected chi connectivity index (χ4v) is 2.17. The highest BCUT2D eigenvalue weighted by Crippen LogP contribution is 2.29. The predicted octanol–water partition coefficient (Wildman–Crippen LogP) is 3.59. The van der Waals surface area contributed by atoms with Gasteiger partial charge in [-0.25, -0.2) is 0 Å². The molecule has 1 rings (SSSR count). The molecule has 1 saturated carbocycles. The highest BCUT2D eigenvalue weighted by molar-refractivity contribution is 6.20. The number of halogens is 1. The maximum absolute atomic E-state index is 6.26. The second-order valence-electron chi connectivity index (χ2n) is 3.54. The Morgan fingerprint density at radius 2 is 2.00 bits per heavy atom. The topological polar surface area (TPSA) is 0 Å². The first-order valence-corrected chi connectivity index (χ1v) is 5.32. The first kappa shape index (κ1) is 9.93. The van der Waals surface area contributed by atoms with Crippen LogP contribution in [0.4, 0.5) is 0 Å². The highest BCUT2D eigenvalue weighted by atomic mass is 35.5. The highest BCUT2D eigenvalue weighted by Gasteiger charge is 2.20. The first-order valence-electron chi connectivity index (χ1n) is 4.88. The van der Waals surface area contributed by atoms with Gasteiger partial charge in [0, 0.05) is 11.8 Å². The summed E-state index contributed by atoms with van der Waals surface area (Å²) in [6.45, 7) is 1.90. The molecule has 0 saturated heterocycles.